The highest BCUT2D eigenvalue weighted by Crippen LogP contribution is 2.32. The Balaban J connectivity index is 0.00000192. The molecule has 1 atom stereocenters. The van der Waals surface area contributed by atoms with Crippen molar-refractivity contribution in [2.45, 2.75) is 12.7 Å². The zero-order chi connectivity index (χ0) is 15.5. The molecule has 2 aromatic carbocycles. The first kappa shape index (κ1) is 17.5. The second kappa shape index (κ2) is 7.61. The van der Waals surface area contributed by atoms with Crippen molar-refractivity contribution in [3.8, 4) is 5.75 Å². The summed E-state index contributed by atoms with van der Waals surface area (Å²) in [4.78, 5) is 14.3. The summed E-state index contributed by atoms with van der Waals surface area (Å²) in [5, 5.41) is 9.96. The molecule has 7 heteroatoms. The van der Waals surface area contributed by atoms with Crippen LogP contribution in [0.15, 0.2) is 47.3 Å². The first-order valence-corrected chi connectivity index (χ1v) is 7.71. The second-order valence-corrected chi connectivity index (χ2v) is 5.88. The highest BCUT2D eigenvalue weighted by molar-refractivity contribution is 7.16. The van der Waals surface area contributed by atoms with Crippen LogP contribution in [-0.2, 0) is 6.61 Å². The van der Waals surface area contributed by atoms with E-state index in [4.69, 9.17) is 10.5 Å². The van der Waals surface area contributed by atoms with Gasteiger partial charge in [-0.3, -0.25) is 4.79 Å². The van der Waals surface area contributed by atoms with Crippen molar-refractivity contribution in [1.82, 2.24) is 4.98 Å². The number of halogens is 1. The molecule has 1 aromatic heterocycles. The summed E-state index contributed by atoms with van der Waals surface area (Å²) in [6, 6.07) is 13.3. The lowest BCUT2D eigenvalue weighted by Gasteiger charge is -2.12. The highest BCUT2D eigenvalue weighted by atomic mass is 35.5. The van der Waals surface area contributed by atoms with E-state index in [-0.39, 0.29) is 23.8 Å². The zero-order valence-electron chi connectivity index (χ0n) is 12.2. The van der Waals surface area contributed by atoms with E-state index in [1.807, 2.05) is 30.3 Å². The van der Waals surface area contributed by atoms with Crippen LogP contribution in [-0.4, -0.2) is 16.6 Å². The topological polar surface area (TPSA) is 88.3 Å². The van der Waals surface area contributed by atoms with E-state index in [0.717, 1.165) is 16.9 Å². The lowest BCUT2D eigenvalue weighted by Crippen LogP contribution is -2.11. The Morgan fingerprint density at radius 1 is 1.22 bits per heavy atom. The van der Waals surface area contributed by atoms with E-state index in [0.29, 0.717) is 28.1 Å². The number of hydrogen-bond donors (Lipinski definition) is 3. The van der Waals surface area contributed by atoms with E-state index in [9.17, 15) is 9.90 Å². The largest absolute Gasteiger partial charge is 0.487 e. The molecule has 0 saturated carbocycles. The molecule has 5 nitrogen and oxygen atoms in total. The second-order valence-electron chi connectivity index (χ2n) is 4.90. The molecule has 122 valence electrons. The minimum Gasteiger partial charge on any atom is -0.487 e. The molecule has 3 aromatic rings. The molecular weight excluding hydrogens is 336 g/mol. The number of aromatic nitrogens is 1. The summed E-state index contributed by atoms with van der Waals surface area (Å²) in [6.45, 7) is 0.512. The van der Waals surface area contributed by atoms with Crippen LogP contribution in [0.3, 0.4) is 0 Å². The Morgan fingerprint density at radius 3 is 2.65 bits per heavy atom. The SMILES string of the molecule is Cl.NC[C@H](O)c1ccc(OCc2ccccc2)c2[nH]c(=O)sc12. The third kappa shape index (κ3) is 3.73. The van der Waals surface area contributed by atoms with Gasteiger partial charge in [-0.05, 0) is 11.6 Å². The minimum absolute atomic E-state index is 0. The van der Waals surface area contributed by atoms with Crippen LogP contribution in [0.1, 0.15) is 17.2 Å². The summed E-state index contributed by atoms with van der Waals surface area (Å²) < 4.78 is 6.50. The van der Waals surface area contributed by atoms with E-state index < -0.39 is 6.10 Å². The Kier molecular flexibility index (Phi) is 5.79. The van der Waals surface area contributed by atoms with Gasteiger partial charge < -0.3 is 20.6 Å². The fraction of sp³-hybridized carbons (Fsp3) is 0.188. The van der Waals surface area contributed by atoms with Gasteiger partial charge in [0.05, 0.1) is 10.8 Å². The van der Waals surface area contributed by atoms with Gasteiger partial charge >= 0.3 is 4.87 Å². The molecule has 1 heterocycles. The van der Waals surface area contributed by atoms with Crippen molar-refractivity contribution in [3.05, 3.63) is 63.3 Å². The first-order valence-electron chi connectivity index (χ1n) is 6.89. The number of fused-ring (bicyclic) bond motifs is 1. The van der Waals surface area contributed by atoms with Crippen LogP contribution < -0.4 is 15.3 Å². The van der Waals surface area contributed by atoms with Crippen molar-refractivity contribution < 1.29 is 9.84 Å². The average Bonchev–Trinajstić information content (AvgIpc) is 2.94. The lowest BCUT2D eigenvalue weighted by molar-refractivity contribution is 0.188. The van der Waals surface area contributed by atoms with Crippen LogP contribution in [0, 0.1) is 0 Å². The van der Waals surface area contributed by atoms with Crippen LogP contribution in [0.2, 0.25) is 0 Å². The number of ether oxygens (including phenoxy) is 1. The number of nitrogens with two attached hydrogens (primary N) is 1. The number of hydrogen-bond acceptors (Lipinski definition) is 5. The average molecular weight is 353 g/mol. The third-order valence-corrected chi connectivity index (χ3v) is 4.32. The zero-order valence-corrected chi connectivity index (χ0v) is 13.8. The molecule has 0 amide bonds. The number of rotatable bonds is 5. The summed E-state index contributed by atoms with van der Waals surface area (Å²) in [5.41, 5.74) is 7.80. The normalized spacial score (nSPS) is 11.9. The monoisotopic (exact) mass is 352 g/mol. The molecule has 0 fully saturated rings. The van der Waals surface area contributed by atoms with Crippen LogP contribution in [0.5, 0.6) is 5.75 Å². The summed E-state index contributed by atoms with van der Waals surface area (Å²) in [7, 11) is 0. The van der Waals surface area contributed by atoms with Crippen molar-refractivity contribution in [1.29, 1.82) is 0 Å². The van der Waals surface area contributed by atoms with Gasteiger partial charge in [-0.2, -0.15) is 0 Å². The van der Waals surface area contributed by atoms with Gasteiger partial charge in [0.2, 0.25) is 0 Å². The van der Waals surface area contributed by atoms with E-state index >= 15 is 0 Å². The van der Waals surface area contributed by atoms with Gasteiger partial charge in [-0.15, -0.1) is 12.4 Å². The molecule has 0 aliphatic carbocycles. The van der Waals surface area contributed by atoms with Gasteiger partial charge in [0.15, 0.2) is 0 Å². The molecule has 23 heavy (non-hydrogen) atoms. The van der Waals surface area contributed by atoms with Gasteiger partial charge in [-0.1, -0.05) is 47.7 Å². The van der Waals surface area contributed by atoms with Crippen molar-refractivity contribution in [2.75, 3.05) is 6.54 Å². The Morgan fingerprint density at radius 2 is 1.96 bits per heavy atom. The molecule has 0 radical (unpaired) electrons. The fourth-order valence-electron chi connectivity index (χ4n) is 2.27. The van der Waals surface area contributed by atoms with E-state index in [1.54, 1.807) is 12.1 Å². The maximum Gasteiger partial charge on any atom is 0.305 e. The standard InChI is InChI=1S/C16H16N2O3S.ClH/c17-8-12(19)11-6-7-13(14-15(11)22-16(20)18-14)21-9-10-4-2-1-3-5-10;/h1-7,12,19H,8-9,17H2,(H,18,20);1H/t12-;/m0./s1. The van der Waals surface area contributed by atoms with Crippen molar-refractivity contribution >= 4 is 34.0 Å². The number of benzene rings is 2. The van der Waals surface area contributed by atoms with E-state index in [1.165, 1.54) is 0 Å². The van der Waals surface area contributed by atoms with Gasteiger partial charge in [0, 0.05) is 12.1 Å². The molecule has 0 saturated heterocycles. The predicted molar refractivity (Wildman–Crippen MR) is 94.5 cm³/mol. The molecule has 0 unspecified atom stereocenters. The van der Waals surface area contributed by atoms with Gasteiger partial charge in [0.25, 0.3) is 0 Å². The molecule has 0 spiro atoms. The number of aromatic amines is 1. The Bertz CT molecular complexity index is 832. The molecule has 4 N–H and O–H groups in total. The predicted octanol–water partition coefficient (Wildman–Crippen LogP) is 2.58. The maximum absolute atomic E-state index is 11.7. The number of H-pyrrole nitrogens is 1. The minimum atomic E-state index is -0.794. The summed E-state index contributed by atoms with van der Waals surface area (Å²) in [5.74, 6) is 0.588. The van der Waals surface area contributed by atoms with Crippen LogP contribution in [0.25, 0.3) is 10.2 Å². The number of aliphatic hydroxyl groups excluding tert-OH is 1. The molecule has 0 aliphatic heterocycles. The van der Waals surface area contributed by atoms with Crippen molar-refractivity contribution in [3.63, 3.8) is 0 Å². The Hall–Kier alpha value is -1.86. The highest BCUT2D eigenvalue weighted by Gasteiger charge is 2.16. The smallest absolute Gasteiger partial charge is 0.305 e. The van der Waals surface area contributed by atoms with Gasteiger partial charge in [0.1, 0.15) is 17.9 Å². The molecular formula is C16H17ClN2O3S. The summed E-state index contributed by atoms with van der Waals surface area (Å²) >= 11 is 1.05. The number of aliphatic hydroxyl groups is 1. The fourth-order valence-corrected chi connectivity index (χ4v) is 3.19. The maximum atomic E-state index is 11.7. The molecule has 0 bridgehead atoms. The molecule has 3 rings (SSSR count). The Labute approximate surface area is 143 Å². The first-order chi connectivity index (χ1) is 10.7. The lowest BCUT2D eigenvalue weighted by atomic mass is 10.1. The van der Waals surface area contributed by atoms with Gasteiger partial charge in [-0.25, -0.2) is 0 Å². The number of nitrogens with one attached hydrogen (secondary N) is 1. The summed E-state index contributed by atoms with van der Waals surface area (Å²) in [6.07, 6.45) is -0.794. The quantitative estimate of drug-likeness (QED) is 0.658. The molecule has 0 aliphatic rings. The number of thiazole rings is 1. The van der Waals surface area contributed by atoms with Crippen LogP contribution in [0.4, 0.5) is 0 Å². The van der Waals surface area contributed by atoms with Crippen molar-refractivity contribution in [2.24, 2.45) is 5.73 Å². The van der Waals surface area contributed by atoms with Crippen LogP contribution >= 0.6 is 23.7 Å². The third-order valence-electron chi connectivity index (χ3n) is 3.39. The van der Waals surface area contributed by atoms with E-state index in [2.05, 4.69) is 4.98 Å².